The number of hydrogen-bond acceptors (Lipinski definition) is 1. The maximum absolute atomic E-state index is 6.23. The smallest absolute Gasteiger partial charge is 0.0627 e. The second kappa shape index (κ2) is 5.24. The van der Waals surface area contributed by atoms with Crippen molar-refractivity contribution in [3.8, 4) is 0 Å². The van der Waals surface area contributed by atoms with Crippen molar-refractivity contribution in [2.75, 3.05) is 0 Å². The van der Waals surface area contributed by atoms with Gasteiger partial charge in [-0.05, 0) is 36.3 Å². The molecule has 1 aromatic carbocycles. The lowest BCUT2D eigenvalue weighted by molar-refractivity contribution is 0.299. The topological polar surface area (TPSA) is 26.0 Å². The van der Waals surface area contributed by atoms with E-state index in [9.17, 15) is 0 Å². The van der Waals surface area contributed by atoms with E-state index in [-0.39, 0.29) is 11.5 Å². The van der Waals surface area contributed by atoms with Gasteiger partial charge in [-0.2, -0.15) is 0 Å². The molecule has 2 N–H and O–H groups in total. The van der Waals surface area contributed by atoms with Crippen LogP contribution in [0.5, 0.6) is 0 Å². The largest absolute Gasteiger partial charge is 0.324 e. The molecule has 0 saturated heterocycles. The molecule has 0 bridgehead atoms. The van der Waals surface area contributed by atoms with Crippen LogP contribution in [-0.2, 0) is 6.42 Å². The number of nitrogens with two attached hydrogens (primary N) is 1. The third kappa shape index (κ3) is 3.28. The molecule has 0 spiro atoms. The molecule has 0 aliphatic heterocycles. The summed E-state index contributed by atoms with van der Waals surface area (Å²) in [5, 5.41) is 1.28. The average Bonchev–Trinajstić information content (AvgIpc) is 2.22. The van der Waals surface area contributed by atoms with Crippen molar-refractivity contribution in [1.29, 1.82) is 0 Å². The third-order valence-electron chi connectivity index (χ3n) is 3.39. The molecule has 1 unspecified atom stereocenters. The molecule has 1 nitrogen and oxygen atoms in total. The first-order valence-electron chi connectivity index (χ1n) is 6.25. The number of benzene rings is 1. The Morgan fingerprint density at radius 1 is 1.33 bits per heavy atom. The number of hydrogen-bond donors (Lipinski definition) is 1. The molecule has 0 amide bonds. The fraction of sp³-hybridized carbons (Fsp3) is 0.467. The highest BCUT2D eigenvalue weighted by molar-refractivity contribution is 6.42. The molecule has 1 aromatic rings. The van der Waals surface area contributed by atoms with Gasteiger partial charge < -0.3 is 5.73 Å². The maximum Gasteiger partial charge on any atom is 0.0627 e. The summed E-state index contributed by atoms with van der Waals surface area (Å²) >= 11 is 12.3. The van der Waals surface area contributed by atoms with Gasteiger partial charge in [-0.1, -0.05) is 60.8 Å². The lowest BCUT2D eigenvalue weighted by Gasteiger charge is -2.33. The normalized spacial score (nSPS) is 22.7. The summed E-state index contributed by atoms with van der Waals surface area (Å²) < 4.78 is 0. The first-order chi connectivity index (χ1) is 8.37. The Labute approximate surface area is 119 Å². The van der Waals surface area contributed by atoms with Crippen LogP contribution in [0.3, 0.4) is 0 Å². The lowest BCUT2D eigenvalue weighted by Crippen LogP contribution is -2.31. The minimum Gasteiger partial charge on any atom is -0.324 e. The summed E-state index contributed by atoms with van der Waals surface area (Å²) in [5.41, 5.74) is 8.81. The first kappa shape index (κ1) is 13.9. The fourth-order valence-electron chi connectivity index (χ4n) is 2.80. The van der Waals surface area contributed by atoms with Crippen LogP contribution in [-0.4, -0.2) is 6.04 Å². The molecule has 0 radical (unpaired) electrons. The van der Waals surface area contributed by atoms with E-state index in [4.69, 9.17) is 28.9 Å². The highest BCUT2D eigenvalue weighted by atomic mass is 35.5. The number of allylic oxidation sites excluding steroid dienone is 1. The van der Waals surface area contributed by atoms with Gasteiger partial charge in [0.15, 0.2) is 0 Å². The number of halogens is 2. The highest BCUT2D eigenvalue weighted by Crippen LogP contribution is 2.37. The summed E-state index contributed by atoms with van der Waals surface area (Å²) in [6, 6.07) is 5.94. The van der Waals surface area contributed by atoms with Crippen LogP contribution in [0.2, 0.25) is 10.0 Å². The van der Waals surface area contributed by atoms with E-state index in [0.29, 0.717) is 10.0 Å². The van der Waals surface area contributed by atoms with Gasteiger partial charge in [0.25, 0.3) is 0 Å². The zero-order valence-corrected chi connectivity index (χ0v) is 12.4. The molecule has 0 heterocycles. The Kier molecular flexibility index (Phi) is 4.05. The van der Waals surface area contributed by atoms with E-state index < -0.39 is 0 Å². The van der Waals surface area contributed by atoms with Gasteiger partial charge in [-0.25, -0.2) is 0 Å². The maximum atomic E-state index is 6.23. The van der Waals surface area contributed by atoms with Crippen molar-refractivity contribution in [3.63, 3.8) is 0 Å². The van der Waals surface area contributed by atoms with Crippen molar-refractivity contribution in [2.45, 2.75) is 39.2 Å². The lowest BCUT2D eigenvalue weighted by atomic mass is 9.74. The second-order valence-electron chi connectivity index (χ2n) is 5.92. The van der Waals surface area contributed by atoms with E-state index in [1.165, 1.54) is 5.57 Å². The summed E-state index contributed by atoms with van der Waals surface area (Å²) in [6.07, 6.45) is 5.14. The van der Waals surface area contributed by atoms with Crippen molar-refractivity contribution < 1.29 is 0 Å². The van der Waals surface area contributed by atoms with Gasteiger partial charge in [0.2, 0.25) is 0 Å². The molecular weight excluding hydrogens is 265 g/mol. The van der Waals surface area contributed by atoms with Crippen LogP contribution in [0.15, 0.2) is 29.8 Å². The highest BCUT2D eigenvalue weighted by Gasteiger charge is 2.27. The van der Waals surface area contributed by atoms with Gasteiger partial charge in [-0.3, -0.25) is 0 Å². The van der Waals surface area contributed by atoms with E-state index in [2.05, 4.69) is 19.9 Å². The minimum atomic E-state index is 0.154. The van der Waals surface area contributed by atoms with Crippen LogP contribution < -0.4 is 5.73 Å². The van der Waals surface area contributed by atoms with E-state index in [0.717, 1.165) is 24.8 Å². The second-order valence-corrected chi connectivity index (χ2v) is 6.71. The molecule has 1 atom stereocenters. The molecule has 2 rings (SSSR count). The van der Waals surface area contributed by atoms with Gasteiger partial charge in [0, 0.05) is 6.04 Å². The SMILES string of the molecule is CC1(C)CC(Cc2cccc(Cl)c2Cl)=CC(N)C1. The number of rotatable bonds is 2. The summed E-state index contributed by atoms with van der Waals surface area (Å²) in [7, 11) is 0. The predicted molar refractivity (Wildman–Crippen MR) is 79.2 cm³/mol. The summed E-state index contributed by atoms with van der Waals surface area (Å²) in [5.74, 6) is 0. The summed E-state index contributed by atoms with van der Waals surface area (Å²) in [4.78, 5) is 0. The predicted octanol–water partition coefficient (Wildman–Crippen LogP) is 4.61. The van der Waals surface area contributed by atoms with Crippen LogP contribution in [0.25, 0.3) is 0 Å². The molecule has 3 heteroatoms. The molecule has 1 aliphatic rings. The van der Waals surface area contributed by atoms with Crippen molar-refractivity contribution in [2.24, 2.45) is 11.1 Å². The van der Waals surface area contributed by atoms with Crippen LogP contribution in [0.1, 0.15) is 32.3 Å². The van der Waals surface area contributed by atoms with Crippen LogP contribution in [0, 0.1) is 5.41 Å². The Bertz CT molecular complexity index is 477. The van der Waals surface area contributed by atoms with Gasteiger partial charge in [0.05, 0.1) is 10.0 Å². The quantitative estimate of drug-likeness (QED) is 0.788. The fourth-order valence-corrected chi connectivity index (χ4v) is 3.18. The molecule has 0 fully saturated rings. The molecule has 18 heavy (non-hydrogen) atoms. The Morgan fingerprint density at radius 3 is 2.72 bits per heavy atom. The Balaban J connectivity index is 2.21. The van der Waals surface area contributed by atoms with Crippen molar-refractivity contribution in [1.82, 2.24) is 0 Å². The molecule has 98 valence electrons. The van der Waals surface area contributed by atoms with E-state index >= 15 is 0 Å². The van der Waals surface area contributed by atoms with Crippen molar-refractivity contribution in [3.05, 3.63) is 45.5 Å². The monoisotopic (exact) mass is 283 g/mol. The minimum absolute atomic E-state index is 0.154. The molecule has 1 aliphatic carbocycles. The average molecular weight is 284 g/mol. The Morgan fingerprint density at radius 2 is 2.06 bits per heavy atom. The van der Waals surface area contributed by atoms with E-state index in [1.807, 2.05) is 18.2 Å². The van der Waals surface area contributed by atoms with Gasteiger partial charge in [-0.15, -0.1) is 0 Å². The van der Waals surface area contributed by atoms with Gasteiger partial charge >= 0.3 is 0 Å². The standard InChI is InChI=1S/C15H19Cl2N/c1-15(2)8-10(7-12(18)9-15)6-11-4-3-5-13(16)14(11)17/h3-5,7,12H,6,8-9,18H2,1-2H3. The summed E-state index contributed by atoms with van der Waals surface area (Å²) in [6.45, 7) is 4.53. The first-order valence-corrected chi connectivity index (χ1v) is 7.01. The zero-order chi connectivity index (χ0) is 13.3. The van der Waals surface area contributed by atoms with E-state index in [1.54, 1.807) is 0 Å². The van der Waals surface area contributed by atoms with Crippen LogP contribution >= 0.6 is 23.2 Å². The van der Waals surface area contributed by atoms with Crippen molar-refractivity contribution >= 4 is 23.2 Å². The third-order valence-corrected chi connectivity index (χ3v) is 4.25. The molecular formula is C15H19Cl2N. The van der Waals surface area contributed by atoms with Crippen LogP contribution in [0.4, 0.5) is 0 Å². The molecule has 0 saturated carbocycles. The Hall–Kier alpha value is -0.500. The molecule has 0 aromatic heterocycles. The zero-order valence-electron chi connectivity index (χ0n) is 10.8. The van der Waals surface area contributed by atoms with Gasteiger partial charge in [0.1, 0.15) is 0 Å².